The lowest BCUT2D eigenvalue weighted by atomic mass is 9.99. The fourth-order valence-electron chi connectivity index (χ4n) is 2.39. The number of allylic oxidation sites excluding steroid dienone is 2. The Labute approximate surface area is 122 Å². The summed E-state index contributed by atoms with van der Waals surface area (Å²) >= 11 is 0. The molecule has 1 aromatic rings. The van der Waals surface area contributed by atoms with E-state index in [1.165, 1.54) is 13.2 Å². The smallest absolute Gasteiger partial charge is 0.419 e. The van der Waals surface area contributed by atoms with Gasteiger partial charge in [-0.25, -0.2) is 0 Å². The van der Waals surface area contributed by atoms with Crippen LogP contribution >= 0.6 is 0 Å². The molecule has 2 nitrogen and oxygen atoms in total. The van der Waals surface area contributed by atoms with Crippen LogP contribution in [0.2, 0.25) is 0 Å². The van der Waals surface area contributed by atoms with Crippen molar-refractivity contribution in [2.45, 2.75) is 19.5 Å². The second-order valence-corrected chi connectivity index (χ2v) is 4.85. The molecule has 0 fully saturated rings. The van der Waals surface area contributed by atoms with Gasteiger partial charge in [-0.3, -0.25) is 0 Å². The Morgan fingerprint density at radius 1 is 1.29 bits per heavy atom. The number of rotatable bonds is 4. The van der Waals surface area contributed by atoms with Crippen molar-refractivity contribution in [2.24, 2.45) is 0 Å². The Bertz CT molecular complexity index is 561. The molecular formula is C16H18F3NO. The standard InChI is InChI=1S/C16H18F3NO/c1-3-9-20-10-7-12(8-11-20)13-5-4-6-14(15(13)21-2)16(17,18)19/h4-8,10H,3,9,11H2,1-2H3. The fraction of sp³-hybridized carbons (Fsp3) is 0.375. The van der Waals surface area contributed by atoms with Gasteiger partial charge in [0.05, 0.1) is 12.7 Å². The van der Waals surface area contributed by atoms with Crippen LogP contribution in [0, 0.1) is 0 Å². The fourth-order valence-corrected chi connectivity index (χ4v) is 2.39. The maximum absolute atomic E-state index is 13.0. The van der Waals surface area contributed by atoms with Gasteiger partial charge in [-0.1, -0.05) is 25.1 Å². The van der Waals surface area contributed by atoms with E-state index < -0.39 is 11.7 Å². The first-order chi connectivity index (χ1) is 9.97. The lowest BCUT2D eigenvalue weighted by Gasteiger charge is -2.23. The van der Waals surface area contributed by atoms with E-state index in [4.69, 9.17) is 4.74 Å². The molecule has 0 N–H and O–H groups in total. The van der Waals surface area contributed by atoms with Gasteiger partial charge in [0.2, 0.25) is 0 Å². The molecule has 5 heteroatoms. The molecule has 0 bridgehead atoms. The second kappa shape index (κ2) is 6.24. The van der Waals surface area contributed by atoms with Crippen molar-refractivity contribution in [3.05, 3.63) is 47.7 Å². The number of benzene rings is 1. The van der Waals surface area contributed by atoms with Gasteiger partial charge >= 0.3 is 6.18 Å². The van der Waals surface area contributed by atoms with E-state index in [-0.39, 0.29) is 5.75 Å². The third kappa shape index (κ3) is 3.40. The molecule has 0 saturated heterocycles. The average Bonchev–Trinajstić information content (AvgIpc) is 2.46. The van der Waals surface area contributed by atoms with Crippen molar-refractivity contribution in [2.75, 3.05) is 20.2 Å². The molecule has 0 spiro atoms. The Hall–Kier alpha value is -1.91. The second-order valence-electron chi connectivity index (χ2n) is 4.85. The van der Waals surface area contributed by atoms with Crippen molar-refractivity contribution < 1.29 is 17.9 Å². The van der Waals surface area contributed by atoms with Gasteiger partial charge in [-0.05, 0) is 30.3 Å². The molecule has 0 atom stereocenters. The number of methoxy groups -OCH3 is 1. The Balaban J connectivity index is 2.36. The summed E-state index contributed by atoms with van der Waals surface area (Å²) in [5.41, 5.74) is 0.484. The van der Waals surface area contributed by atoms with Gasteiger partial charge in [0.25, 0.3) is 0 Å². The highest BCUT2D eigenvalue weighted by Crippen LogP contribution is 2.40. The topological polar surface area (TPSA) is 12.5 Å². The van der Waals surface area contributed by atoms with Crippen LogP contribution < -0.4 is 4.74 Å². The lowest BCUT2D eigenvalue weighted by molar-refractivity contribution is -0.138. The van der Waals surface area contributed by atoms with Crippen LogP contribution in [0.4, 0.5) is 13.2 Å². The zero-order chi connectivity index (χ0) is 15.5. The van der Waals surface area contributed by atoms with E-state index >= 15 is 0 Å². The average molecular weight is 297 g/mol. The summed E-state index contributed by atoms with van der Waals surface area (Å²) in [6.07, 6.45) is 2.28. The predicted octanol–water partition coefficient (Wildman–Crippen LogP) is 4.34. The van der Waals surface area contributed by atoms with Crippen LogP contribution in [0.5, 0.6) is 5.75 Å². The van der Waals surface area contributed by atoms with E-state index in [2.05, 4.69) is 11.8 Å². The molecule has 0 amide bonds. The van der Waals surface area contributed by atoms with Crippen molar-refractivity contribution in [3.8, 4) is 5.75 Å². The highest BCUT2D eigenvalue weighted by molar-refractivity contribution is 5.79. The summed E-state index contributed by atoms with van der Waals surface area (Å²) in [5.74, 6) is -0.121. The van der Waals surface area contributed by atoms with Crippen LogP contribution in [0.3, 0.4) is 0 Å². The van der Waals surface area contributed by atoms with Gasteiger partial charge in [0.15, 0.2) is 0 Å². The van der Waals surface area contributed by atoms with Crippen LogP contribution in [0.1, 0.15) is 24.5 Å². The minimum Gasteiger partial charge on any atom is -0.495 e. The first kappa shape index (κ1) is 15.5. The molecule has 0 saturated carbocycles. The van der Waals surface area contributed by atoms with Crippen molar-refractivity contribution >= 4 is 5.57 Å². The Morgan fingerprint density at radius 2 is 2.05 bits per heavy atom. The van der Waals surface area contributed by atoms with Crippen molar-refractivity contribution in [3.63, 3.8) is 0 Å². The Kier molecular flexibility index (Phi) is 4.60. The summed E-state index contributed by atoms with van der Waals surface area (Å²) < 4.78 is 44.1. The minimum absolute atomic E-state index is 0.121. The van der Waals surface area contributed by atoms with Crippen LogP contribution in [-0.2, 0) is 6.18 Å². The molecule has 1 aliphatic heterocycles. The van der Waals surface area contributed by atoms with Gasteiger partial charge in [-0.15, -0.1) is 0 Å². The largest absolute Gasteiger partial charge is 0.495 e. The molecule has 1 aromatic carbocycles. The van der Waals surface area contributed by atoms with Gasteiger partial charge < -0.3 is 9.64 Å². The third-order valence-electron chi connectivity index (χ3n) is 3.36. The molecule has 0 aliphatic carbocycles. The predicted molar refractivity (Wildman–Crippen MR) is 77.0 cm³/mol. The third-order valence-corrected chi connectivity index (χ3v) is 3.36. The SMILES string of the molecule is CCCN1C=CC(c2cccc(C(F)(F)F)c2OC)=CC1. The molecule has 0 radical (unpaired) electrons. The number of nitrogens with zero attached hydrogens (tertiary/aromatic N) is 1. The number of para-hydroxylation sites is 1. The minimum atomic E-state index is -4.42. The van der Waals surface area contributed by atoms with Crippen LogP contribution in [0.25, 0.3) is 5.57 Å². The molecular weight excluding hydrogens is 279 g/mol. The summed E-state index contributed by atoms with van der Waals surface area (Å²) in [6, 6.07) is 4.10. The highest BCUT2D eigenvalue weighted by Gasteiger charge is 2.35. The van der Waals surface area contributed by atoms with Gasteiger partial charge in [-0.2, -0.15) is 13.2 Å². The normalized spacial score (nSPS) is 15.1. The van der Waals surface area contributed by atoms with E-state index in [9.17, 15) is 13.2 Å². The molecule has 2 rings (SSSR count). The van der Waals surface area contributed by atoms with E-state index in [0.29, 0.717) is 12.1 Å². The van der Waals surface area contributed by atoms with Gasteiger partial charge in [0, 0.05) is 18.7 Å². The zero-order valence-corrected chi connectivity index (χ0v) is 12.1. The monoisotopic (exact) mass is 297 g/mol. The first-order valence-corrected chi connectivity index (χ1v) is 6.84. The summed E-state index contributed by atoms with van der Waals surface area (Å²) in [4.78, 5) is 2.11. The zero-order valence-electron chi connectivity index (χ0n) is 12.1. The van der Waals surface area contributed by atoms with Crippen molar-refractivity contribution in [1.29, 1.82) is 0 Å². The van der Waals surface area contributed by atoms with Crippen LogP contribution in [-0.4, -0.2) is 25.1 Å². The number of alkyl halides is 3. The summed E-state index contributed by atoms with van der Waals surface area (Å²) in [6.45, 7) is 3.71. The van der Waals surface area contributed by atoms with Gasteiger partial charge in [0.1, 0.15) is 5.75 Å². The summed E-state index contributed by atoms with van der Waals surface area (Å²) in [5, 5.41) is 0. The molecule has 1 heterocycles. The van der Waals surface area contributed by atoms with Crippen molar-refractivity contribution in [1.82, 2.24) is 4.90 Å². The number of halogens is 3. The van der Waals surface area contributed by atoms with Crippen LogP contribution in [0.15, 0.2) is 36.6 Å². The van der Waals surface area contributed by atoms with E-state index in [0.717, 1.165) is 24.6 Å². The lowest BCUT2D eigenvalue weighted by Crippen LogP contribution is -2.20. The summed E-state index contributed by atoms with van der Waals surface area (Å²) in [7, 11) is 1.27. The molecule has 21 heavy (non-hydrogen) atoms. The maximum Gasteiger partial charge on any atom is 0.419 e. The van der Waals surface area contributed by atoms with E-state index in [1.807, 2.05) is 18.4 Å². The molecule has 0 aromatic heterocycles. The Morgan fingerprint density at radius 3 is 2.57 bits per heavy atom. The number of ether oxygens (including phenoxy) is 1. The highest BCUT2D eigenvalue weighted by atomic mass is 19.4. The first-order valence-electron chi connectivity index (χ1n) is 6.84. The van der Waals surface area contributed by atoms with E-state index in [1.54, 1.807) is 6.07 Å². The molecule has 1 aliphatic rings. The molecule has 0 unspecified atom stereocenters. The number of hydrogen-bond acceptors (Lipinski definition) is 2. The molecule has 114 valence electrons. The quantitative estimate of drug-likeness (QED) is 0.820. The maximum atomic E-state index is 13.0. The number of hydrogen-bond donors (Lipinski definition) is 0.